The van der Waals surface area contributed by atoms with Gasteiger partial charge in [-0.3, -0.25) is 0 Å². The SMILES string of the molecule is Cc1cnc(NC(C)c2ccccc2F)nc1. The summed E-state index contributed by atoms with van der Waals surface area (Å²) < 4.78 is 13.5. The molecule has 88 valence electrons. The fourth-order valence-corrected chi connectivity index (χ4v) is 1.56. The first-order chi connectivity index (χ1) is 8.16. The second-order valence-electron chi connectivity index (χ2n) is 3.97. The lowest BCUT2D eigenvalue weighted by atomic mass is 10.1. The number of hydrogen-bond acceptors (Lipinski definition) is 3. The van der Waals surface area contributed by atoms with Crippen LogP contribution < -0.4 is 5.32 Å². The largest absolute Gasteiger partial charge is 0.348 e. The predicted octanol–water partition coefficient (Wildman–Crippen LogP) is 3.10. The first kappa shape index (κ1) is 11.5. The minimum atomic E-state index is -0.223. The van der Waals surface area contributed by atoms with E-state index in [1.54, 1.807) is 24.5 Å². The number of nitrogens with one attached hydrogen (secondary N) is 1. The Hall–Kier alpha value is -1.97. The van der Waals surface area contributed by atoms with Crippen molar-refractivity contribution in [1.29, 1.82) is 0 Å². The number of rotatable bonds is 3. The van der Waals surface area contributed by atoms with Gasteiger partial charge in [0.05, 0.1) is 6.04 Å². The third-order valence-corrected chi connectivity index (χ3v) is 2.50. The molecule has 17 heavy (non-hydrogen) atoms. The summed E-state index contributed by atoms with van der Waals surface area (Å²) in [5.41, 5.74) is 1.60. The maximum absolute atomic E-state index is 13.5. The van der Waals surface area contributed by atoms with Gasteiger partial charge in [0, 0.05) is 18.0 Å². The van der Waals surface area contributed by atoms with E-state index in [4.69, 9.17) is 0 Å². The standard InChI is InChI=1S/C13H14FN3/c1-9-7-15-13(16-8-9)17-10(2)11-5-3-4-6-12(11)14/h3-8,10H,1-2H3,(H,15,16,17). The van der Waals surface area contributed by atoms with Crippen LogP contribution in [-0.4, -0.2) is 9.97 Å². The first-order valence-corrected chi connectivity index (χ1v) is 5.46. The van der Waals surface area contributed by atoms with Crippen molar-refractivity contribution in [3.63, 3.8) is 0 Å². The van der Waals surface area contributed by atoms with Gasteiger partial charge in [-0.25, -0.2) is 14.4 Å². The van der Waals surface area contributed by atoms with Crippen LogP contribution in [0, 0.1) is 12.7 Å². The minimum Gasteiger partial charge on any atom is -0.348 e. The van der Waals surface area contributed by atoms with Gasteiger partial charge < -0.3 is 5.32 Å². The van der Waals surface area contributed by atoms with Gasteiger partial charge in [-0.05, 0) is 25.5 Å². The highest BCUT2D eigenvalue weighted by atomic mass is 19.1. The highest BCUT2D eigenvalue weighted by molar-refractivity contribution is 5.32. The number of halogens is 1. The summed E-state index contributed by atoms with van der Waals surface area (Å²) in [6, 6.07) is 6.52. The Bertz CT molecular complexity index is 496. The van der Waals surface area contributed by atoms with E-state index in [1.165, 1.54) is 6.07 Å². The van der Waals surface area contributed by atoms with E-state index < -0.39 is 0 Å². The van der Waals surface area contributed by atoms with Crippen molar-refractivity contribution in [3.8, 4) is 0 Å². The average molecular weight is 231 g/mol. The molecule has 1 unspecified atom stereocenters. The molecule has 1 atom stereocenters. The first-order valence-electron chi connectivity index (χ1n) is 5.46. The van der Waals surface area contributed by atoms with Crippen molar-refractivity contribution in [2.45, 2.75) is 19.9 Å². The van der Waals surface area contributed by atoms with Gasteiger partial charge in [-0.15, -0.1) is 0 Å². The zero-order chi connectivity index (χ0) is 12.3. The molecular formula is C13H14FN3. The van der Waals surface area contributed by atoms with Crippen LogP contribution in [0.1, 0.15) is 24.1 Å². The maximum Gasteiger partial charge on any atom is 0.223 e. The summed E-state index contributed by atoms with van der Waals surface area (Å²) in [6.45, 7) is 3.80. The number of aryl methyl sites for hydroxylation is 1. The molecule has 1 aromatic carbocycles. The van der Waals surface area contributed by atoms with E-state index in [0.717, 1.165) is 5.56 Å². The summed E-state index contributed by atoms with van der Waals surface area (Å²) in [7, 11) is 0. The molecule has 0 aliphatic heterocycles. The molecule has 3 nitrogen and oxygen atoms in total. The van der Waals surface area contributed by atoms with E-state index in [9.17, 15) is 4.39 Å². The Morgan fingerprint density at radius 1 is 1.18 bits per heavy atom. The molecule has 1 aromatic heterocycles. The van der Waals surface area contributed by atoms with Crippen LogP contribution in [-0.2, 0) is 0 Å². The predicted molar refractivity (Wildman–Crippen MR) is 65.2 cm³/mol. The molecule has 1 heterocycles. The van der Waals surface area contributed by atoms with E-state index in [2.05, 4.69) is 15.3 Å². The quantitative estimate of drug-likeness (QED) is 0.882. The zero-order valence-corrected chi connectivity index (χ0v) is 9.81. The third-order valence-electron chi connectivity index (χ3n) is 2.50. The van der Waals surface area contributed by atoms with E-state index in [1.807, 2.05) is 19.9 Å². The summed E-state index contributed by atoms with van der Waals surface area (Å²) >= 11 is 0. The van der Waals surface area contributed by atoms with Gasteiger partial charge in [0.25, 0.3) is 0 Å². The van der Waals surface area contributed by atoms with Gasteiger partial charge in [-0.2, -0.15) is 0 Å². The molecular weight excluding hydrogens is 217 g/mol. The summed E-state index contributed by atoms with van der Waals surface area (Å²) in [5, 5.41) is 3.06. The van der Waals surface area contributed by atoms with Crippen molar-refractivity contribution < 1.29 is 4.39 Å². The Labute approximate surface area is 99.7 Å². The molecule has 1 N–H and O–H groups in total. The van der Waals surface area contributed by atoms with Crippen LogP contribution in [0.25, 0.3) is 0 Å². The average Bonchev–Trinajstić information content (AvgIpc) is 2.32. The van der Waals surface area contributed by atoms with Gasteiger partial charge in [0.15, 0.2) is 0 Å². The van der Waals surface area contributed by atoms with Gasteiger partial charge in [-0.1, -0.05) is 18.2 Å². The van der Waals surface area contributed by atoms with Gasteiger partial charge in [0.2, 0.25) is 5.95 Å². The van der Waals surface area contributed by atoms with E-state index in [0.29, 0.717) is 11.5 Å². The number of nitrogens with zero attached hydrogens (tertiary/aromatic N) is 2. The van der Waals surface area contributed by atoms with Crippen molar-refractivity contribution in [2.24, 2.45) is 0 Å². The molecule has 0 aliphatic carbocycles. The molecule has 0 amide bonds. The number of benzene rings is 1. The van der Waals surface area contributed by atoms with E-state index >= 15 is 0 Å². The third kappa shape index (κ3) is 2.78. The smallest absolute Gasteiger partial charge is 0.223 e. The second-order valence-corrected chi connectivity index (χ2v) is 3.97. The van der Waals surface area contributed by atoms with Crippen molar-refractivity contribution in [2.75, 3.05) is 5.32 Å². The lowest BCUT2D eigenvalue weighted by Gasteiger charge is -2.14. The molecule has 0 saturated heterocycles. The number of anilines is 1. The summed E-state index contributed by atoms with van der Waals surface area (Å²) in [5.74, 6) is 0.283. The van der Waals surface area contributed by atoms with Crippen LogP contribution >= 0.6 is 0 Å². The number of aromatic nitrogens is 2. The highest BCUT2D eigenvalue weighted by Crippen LogP contribution is 2.19. The lowest BCUT2D eigenvalue weighted by Crippen LogP contribution is -2.10. The minimum absolute atomic E-state index is 0.168. The molecule has 0 saturated carbocycles. The van der Waals surface area contributed by atoms with Crippen LogP contribution in [0.15, 0.2) is 36.7 Å². The second kappa shape index (κ2) is 4.91. The Morgan fingerprint density at radius 3 is 2.47 bits per heavy atom. The molecule has 4 heteroatoms. The molecule has 0 aliphatic rings. The zero-order valence-electron chi connectivity index (χ0n) is 9.81. The topological polar surface area (TPSA) is 37.8 Å². The van der Waals surface area contributed by atoms with Gasteiger partial charge in [0.1, 0.15) is 5.82 Å². The van der Waals surface area contributed by atoms with Crippen molar-refractivity contribution >= 4 is 5.95 Å². The lowest BCUT2D eigenvalue weighted by molar-refractivity contribution is 0.599. The Balaban J connectivity index is 2.14. The fraction of sp³-hybridized carbons (Fsp3) is 0.231. The summed E-state index contributed by atoms with van der Waals surface area (Å²) in [6.07, 6.45) is 3.45. The van der Waals surface area contributed by atoms with Crippen LogP contribution in [0.5, 0.6) is 0 Å². The monoisotopic (exact) mass is 231 g/mol. The van der Waals surface area contributed by atoms with Crippen LogP contribution in [0.4, 0.5) is 10.3 Å². The maximum atomic E-state index is 13.5. The van der Waals surface area contributed by atoms with E-state index in [-0.39, 0.29) is 11.9 Å². The number of hydrogen-bond donors (Lipinski definition) is 1. The molecule has 2 aromatic rings. The molecule has 0 radical (unpaired) electrons. The van der Waals surface area contributed by atoms with Gasteiger partial charge >= 0.3 is 0 Å². The van der Waals surface area contributed by atoms with Crippen molar-refractivity contribution in [3.05, 3.63) is 53.6 Å². The van der Waals surface area contributed by atoms with Crippen molar-refractivity contribution in [1.82, 2.24) is 9.97 Å². The Morgan fingerprint density at radius 2 is 1.82 bits per heavy atom. The molecule has 0 fully saturated rings. The molecule has 2 rings (SSSR count). The fourth-order valence-electron chi connectivity index (χ4n) is 1.56. The normalized spacial score (nSPS) is 12.2. The molecule has 0 spiro atoms. The van der Waals surface area contributed by atoms with Crippen LogP contribution in [0.3, 0.4) is 0 Å². The van der Waals surface area contributed by atoms with Crippen LogP contribution in [0.2, 0.25) is 0 Å². The summed E-state index contributed by atoms with van der Waals surface area (Å²) in [4.78, 5) is 8.26. The highest BCUT2D eigenvalue weighted by Gasteiger charge is 2.10. The molecule has 0 bridgehead atoms. The Kier molecular flexibility index (Phi) is 3.32.